The zero-order valence-electron chi connectivity index (χ0n) is 10.3. The van der Waals surface area contributed by atoms with Crippen LogP contribution in [0.2, 0.25) is 0 Å². The Morgan fingerprint density at radius 1 is 1.39 bits per heavy atom. The second-order valence-corrected chi connectivity index (χ2v) is 4.93. The van der Waals surface area contributed by atoms with E-state index in [4.69, 9.17) is 15.9 Å². The number of carboxylic acids is 2. The molecule has 1 rings (SSSR count). The zero-order chi connectivity index (χ0) is 13.9. The number of carbonyl (C=O) groups excluding carboxylic acids is 1. The van der Waals surface area contributed by atoms with Crippen LogP contribution in [-0.4, -0.2) is 52.1 Å². The van der Waals surface area contributed by atoms with Crippen LogP contribution in [0.25, 0.3) is 0 Å². The minimum atomic E-state index is -1.14. The van der Waals surface area contributed by atoms with Crippen LogP contribution >= 0.6 is 0 Å². The van der Waals surface area contributed by atoms with E-state index in [1.54, 1.807) is 6.92 Å². The van der Waals surface area contributed by atoms with Crippen molar-refractivity contribution in [2.45, 2.75) is 32.2 Å². The molecule has 0 aliphatic carbocycles. The van der Waals surface area contributed by atoms with Gasteiger partial charge in [0.05, 0.1) is 17.9 Å². The van der Waals surface area contributed by atoms with Gasteiger partial charge in [0.15, 0.2) is 0 Å². The minimum Gasteiger partial charge on any atom is -0.481 e. The first kappa shape index (κ1) is 14.4. The van der Waals surface area contributed by atoms with Gasteiger partial charge < -0.3 is 20.8 Å². The number of piperidine rings is 1. The number of hydrogen-bond donors (Lipinski definition) is 3. The van der Waals surface area contributed by atoms with Gasteiger partial charge in [-0.05, 0) is 19.8 Å². The molecule has 1 fully saturated rings. The van der Waals surface area contributed by atoms with E-state index >= 15 is 0 Å². The first-order chi connectivity index (χ1) is 8.26. The van der Waals surface area contributed by atoms with Crippen molar-refractivity contribution in [2.24, 2.45) is 11.1 Å². The third kappa shape index (κ3) is 3.19. The van der Waals surface area contributed by atoms with Gasteiger partial charge in [-0.2, -0.15) is 0 Å². The molecule has 0 radical (unpaired) electrons. The molecule has 1 aliphatic rings. The number of amides is 1. The molecule has 18 heavy (non-hydrogen) atoms. The lowest BCUT2D eigenvalue weighted by Gasteiger charge is -2.38. The van der Waals surface area contributed by atoms with Crippen molar-refractivity contribution in [3.05, 3.63) is 0 Å². The molecule has 0 spiro atoms. The van der Waals surface area contributed by atoms with Crippen LogP contribution in [0.3, 0.4) is 0 Å². The summed E-state index contributed by atoms with van der Waals surface area (Å²) in [5.74, 6) is -2.59. The van der Waals surface area contributed by atoms with Gasteiger partial charge in [-0.1, -0.05) is 0 Å². The number of nitrogens with two attached hydrogens (primary N) is 1. The van der Waals surface area contributed by atoms with E-state index in [9.17, 15) is 14.4 Å². The molecule has 1 saturated heterocycles. The molecule has 2 unspecified atom stereocenters. The highest BCUT2D eigenvalue weighted by molar-refractivity contribution is 5.86. The largest absolute Gasteiger partial charge is 0.481 e. The number of hydrogen-bond acceptors (Lipinski definition) is 4. The van der Waals surface area contributed by atoms with Gasteiger partial charge in [-0.15, -0.1) is 0 Å². The number of likely N-dealkylation sites (tertiary alicyclic amines) is 1. The van der Waals surface area contributed by atoms with E-state index in [2.05, 4.69) is 0 Å². The Balaban J connectivity index is 2.69. The lowest BCUT2D eigenvalue weighted by Crippen LogP contribution is -2.53. The van der Waals surface area contributed by atoms with E-state index in [1.807, 2.05) is 0 Å². The molecule has 0 aromatic heterocycles. The molecule has 0 aromatic rings. The second-order valence-electron chi connectivity index (χ2n) is 4.93. The van der Waals surface area contributed by atoms with Gasteiger partial charge in [0.25, 0.3) is 0 Å². The monoisotopic (exact) mass is 258 g/mol. The topological polar surface area (TPSA) is 121 Å². The fraction of sp³-hybridized carbons (Fsp3) is 0.727. The van der Waals surface area contributed by atoms with E-state index in [1.165, 1.54) is 4.90 Å². The predicted molar refractivity (Wildman–Crippen MR) is 61.8 cm³/mol. The summed E-state index contributed by atoms with van der Waals surface area (Å²) in [6.45, 7) is 2.08. The van der Waals surface area contributed by atoms with Crippen LogP contribution in [-0.2, 0) is 14.4 Å². The summed E-state index contributed by atoms with van der Waals surface area (Å²) in [6, 6.07) is -1.11. The van der Waals surface area contributed by atoms with Crippen LogP contribution in [0.4, 0.5) is 0 Å². The Bertz CT molecular complexity index is 370. The quantitative estimate of drug-likeness (QED) is 0.625. The Hall–Kier alpha value is -1.63. The van der Waals surface area contributed by atoms with Crippen LogP contribution < -0.4 is 5.73 Å². The van der Waals surface area contributed by atoms with Crippen LogP contribution in [0.15, 0.2) is 0 Å². The predicted octanol–water partition coefficient (Wildman–Crippen LogP) is -0.498. The molecule has 2 atom stereocenters. The Morgan fingerprint density at radius 3 is 2.50 bits per heavy atom. The summed E-state index contributed by atoms with van der Waals surface area (Å²) >= 11 is 0. The highest BCUT2D eigenvalue weighted by Gasteiger charge is 2.40. The third-order valence-electron chi connectivity index (χ3n) is 3.24. The van der Waals surface area contributed by atoms with Gasteiger partial charge in [-0.25, -0.2) is 0 Å². The first-order valence-corrected chi connectivity index (χ1v) is 5.76. The molecular weight excluding hydrogens is 240 g/mol. The Labute approximate surface area is 105 Å². The first-order valence-electron chi connectivity index (χ1n) is 5.76. The van der Waals surface area contributed by atoms with Crippen LogP contribution in [0.5, 0.6) is 0 Å². The second kappa shape index (κ2) is 5.34. The summed E-state index contributed by atoms with van der Waals surface area (Å²) in [7, 11) is 0. The lowest BCUT2D eigenvalue weighted by molar-refractivity contribution is -0.154. The molecule has 7 heteroatoms. The minimum absolute atomic E-state index is 0.0779. The highest BCUT2D eigenvalue weighted by Crippen LogP contribution is 2.29. The van der Waals surface area contributed by atoms with E-state index in [-0.39, 0.29) is 6.54 Å². The van der Waals surface area contributed by atoms with Crippen molar-refractivity contribution in [3.8, 4) is 0 Å². The van der Waals surface area contributed by atoms with Gasteiger partial charge in [0.2, 0.25) is 5.91 Å². The molecule has 1 heterocycles. The van der Waals surface area contributed by atoms with Crippen molar-refractivity contribution in [1.82, 2.24) is 4.90 Å². The smallest absolute Gasteiger partial charge is 0.311 e. The van der Waals surface area contributed by atoms with Crippen molar-refractivity contribution in [1.29, 1.82) is 0 Å². The molecule has 1 amide bonds. The average Bonchev–Trinajstić information content (AvgIpc) is 2.27. The number of aliphatic carboxylic acids is 2. The lowest BCUT2D eigenvalue weighted by atomic mass is 9.82. The molecule has 7 nitrogen and oxygen atoms in total. The summed E-state index contributed by atoms with van der Waals surface area (Å²) in [4.78, 5) is 34.9. The fourth-order valence-corrected chi connectivity index (χ4v) is 2.11. The summed E-state index contributed by atoms with van der Waals surface area (Å²) in [6.07, 6.45) is 0.633. The maximum absolute atomic E-state index is 11.9. The molecular formula is C11H18N2O5. The molecule has 1 aliphatic heterocycles. The number of nitrogens with zero attached hydrogens (tertiary/aromatic N) is 1. The summed E-state index contributed by atoms with van der Waals surface area (Å²) in [5.41, 5.74) is 4.52. The van der Waals surface area contributed by atoms with Crippen LogP contribution in [0, 0.1) is 5.41 Å². The summed E-state index contributed by atoms with van der Waals surface area (Å²) in [5, 5.41) is 17.7. The maximum Gasteiger partial charge on any atom is 0.311 e. The number of carbonyl (C=O) groups is 3. The van der Waals surface area contributed by atoms with Crippen molar-refractivity contribution in [2.75, 3.05) is 13.1 Å². The molecule has 0 saturated carbocycles. The van der Waals surface area contributed by atoms with Gasteiger partial charge in [0.1, 0.15) is 0 Å². The van der Waals surface area contributed by atoms with Gasteiger partial charge in [0, 0.05) is 13.1 Å². The van der Waals surface area contributed by atoms with Gasteiger partial charge >= 0.3 is 11.9 Å². The molecule has 0 aromatic carbocycles. The average molecular weight is 258 g/mol. The van der Waals surface area contributed by atoms with Crippen molar-refractivity contribution in [3.63, 3.8) is 0 Å². The third-order valence-corrected chi connectivity index (χ3v) is 3.24. The van der Waals surface area contributed by atoms with E-state index in [0.717, 1.165) is 0 Å². The van der Waals surface area contributed by atoms with Crippen LogP contribution in [0.1, 0.15) is 26.2 Å². The standard InChI is InChI=1S/C11H18N2O5/c1-11(10(17)18)3-2-4-13(6-11)9(16)7(12)5-8(14)15/h7H,2-6,12H2,1H3,(H,14,15)(H,17,18). The zero-order valence-corrected chi connectivity index (χ0v) is 10.3. The summed E-state index contributed by atoms with van der Waals surface area (Å²) < 4.78 is 0. The molecule has 102 valence electrons. The van der Waals surface area contributed by atoms with Gasteiger partial charge in [-0.3, -0.25) is 14.4 Å². The van der Waals surface area contributed by atoms with E-state index < -0.39 is 35.7 Å². The Kier molecular flexibility index (Phi) is 4.28. The molecule has 4 N–H and O–H groups in total. The normalized spacial score (nSPS) is 25.6. The SMILES string of the molecule is CC1(C(=O)O)CCCN(C(=O)C(N)CC(=O)O)C1. The molecule has 0 bridgehead atoms. The highest BCUT2D eigenvalue weighted by atomic mass is 16.4. The Morgan fingerprint density at radius 2 is 2.00 bits per heavy atom. The fourth-order valence-electron chi connectivity index (χ4n) is 2.11. The maximum atomic E-state index is 11.9. The van der Waals surface area contributed by atoms with Crippen molar-refractivity contribution >= 4 is 17.8 Å². The van der Waals surface area contributed by atoms with E-state index in [0.29, 0.717) is 19.4 Å². The number of rotatable bonds is 4. The number of carboxylic acid groups (broad SMARTS) is 2. The van der Waals surface area contributed by atoms with Crippen molar-refractivity contribution < 1.29 is 24.6 Å².